The molecule has 0 saturated carbocycles. The lowest BCUT2D eigenvalue weighted by atomic mass is 9.97. The van der Waals surface area contributed by atoms with Crippen molar-refractivity contribution in [2.24, 2.45) is 0 Å². The summed E-state index contributed by atoms with van der Waals surface area (Å²) in [6.45, 7) is 4.29. The molecule has 2 aromatic carbocycles. The molecule has 0 bridgehead atoms. The standard InChI is InChI=1S/C24H26FN5O/c1-3-8-16(9-4-2)24-29-21(22-23(26)27-15-28-30(22)24)19-13-12-18(14-20(19)25)31-17-10-6-5-7-11-17/h5-7,10-16H,3-4,8-9H2,1-2H3,(H2,26,27,28). The van der Waals surface area contributed by atoms with E-state index in [1.165, 1.54) is 12.4 Å². The van der Waals surface area contributed by atoms with Gasteiger partial charge in [0.1, 0.15) is 40.7 Å². The van der Waals surface area contributed by atoms with Crippen molar-refractivity contribution in [1.29, 1.82) is 0 Å². The Balaban J connectivity index is 1.79. The molecular weight excluding hydrogens is 393 g/mol. The number of halogens is 1. The summed E-state index contributed by atoms with van der Waals surface area (Å²) in [4.78, 5) is 8.95. The minimum Gasteiger partial charge on any atom is -0.457 e. The van der Waals surface area contributed by atoms with Crippen LogP contribution in [0.3, 0.4) is 0 Å². The van der Waals surface area contributed by atoms with Crippen LogP contribution in [0.25, 0.3) is 16.8 Å². The SMILES string of the molecule is CCCC(CCC)c1nc(-c2ccc(Oc3ccccc3)cc2F)c2c(N)ncnn12. The van der Waals surface area contributed by atoms with Crippen LogP contribution < -0.4 is 10.5 Å². The van der Waals surface area contributed by atoms with E-state index in [0.717, 1.165) is 31.5 Å². The van der Waals surface area contributed by atoms with E-state index in [9.17, 15) is 0 Å². The monoisotopic (exact) mass is 419 g/mol. The van der Waals surface area contributed by atoms with Crippen LogP contribution in [0.1, 0.15) is 51.3 Å². The molecule has 0 saturated heterocycles. The summed E-state index contributed by atoms with van der Waals surface area (Å²) in [7, 11) is 0. The van der Waals surface area contributed by atoms with Crippen LogP contribution in [-0.4, -0.2) is 19.6 Å². The van der Waals surface area contributed by atoms with Crippen LogP contribution >= 0.6 is 0 Å². The molecule has 6 nitrogen and oxygen atoms in total. The van der Waals surface area contributed by atoms with Crippen LogP contribution in [0.5, 0.6) is 11.5 Å². The molecule has 0 aliphatic rings. The van der Waals surface area contributed by atoms with Crippen LogP contribution in [0, 0.1) is 5.82 Å². The molecule has 0 aliphatic carbocycles. The molecule has 2 heterocycles. The van der Waals surface area contributed by atoms with E-state index in [1.54, 1.807) is 16.6 Å². The van der Waals surface area contributed by atoms with Crippen molar-refractivity contribution in [3.63, 3.8) is 0 Å². The first-order valence-electron chi connectivity index (χ1n) is 10.6. The first kappa shape index (κ1) is 20.8. The third kappa shape index (κ3) is 4.21. The molecule has 31 heavy (non-hydrogen) atoms. The Hall–Kier alpha value is -3.48. The third-order valence-electron chi connectivity index (χ3n) is 5.30. The van der Waals surface area contributed by atoms with Crippen molar-refractivity contribution in [2.75, 3.05) is 5.73 Å². The maximum atomic E-state index is 15.2. The van der Waals surface area contributed by atoms with E-state index < -0.39 is 5.82 Å². The van der Waals surface area contributed by atoms with Gasteiger partial charge in [0, 0.05) is 17.5 Å². The van der Waals surface area contributed by atoms with E-state index >= 15 is 4.39 Å². The fraction of sp³-hybridized carbons (Fsp3) is 0.292. The van der Waals surface area contributed by atoms with Crippen LogP contribution in [0.15, 0.2) is 54.9 Å². The first-order chi connectivity index (χ1) is 15.1. The summed E-state index contributed by atoms with van der Waals surface area (Å²) in [5.41, 5.74) is 7.51. The summed E-state index contributed by atoms with van der Waals surface area (Å²) in [5.74, 6) is 1.91. The van der Waals surface area contributed by atoms with Crippen molar-refractivity contribution in [3.05, 3.63) is 66.5 Å². The molecule has 4 aromatic rings. The Bertz CT molecular complexity index is 1170. The number of ether oxygens (including phenoxy) is 1. The number of nitrogens with zero attached hydrogens (tertiary/aromatic N) is 4. The maximum Gasteiger partial charge on any atom is 0.153 e. The number of imidazole rings is 1. The molecule has 0 amide bonds. The molecule has 160 valence electrons. The Labute approximate surface area is 180 Å². The molecule has 2 N–H and O–H groups in total. The van der Waals surface area contributed by atoms with Crippen molar-refractivity contribution < 1.29 is 9.13 Å². The lowest BCUT2D eigenvalue weighted by Gasteiger charge is -2.13. The topological polar surface area (TPSA) is 78.3 Å². The van der Waals surface area contributed by atoms with Gasteiger partial charge in [0.2, 0.25) is 0 Å². The van der Waals surface area contributed by atoms with Gasteiger partial charge in [-0.1, -0.05) is 44.9 Å². The van der Waals surface area contributed by atoms with E-state index in [2.05, 4.69) is 23.9 Å². The fourth-order valence-electron chi connectivity index (χ4n) is 3.90. The summed E-state index contributed by atoms with van der Waals surface area (Å²) in [5, 5.41) is 4.39. The van der Waals surface area contributed by atoms with E-state index in [4.69, 9.17) is 15.5 Å². The minimum absolute atomic E-state index is 0.217. The van der Waals surface area contributed by atoms with Gasteiger partial charge in [-0.2, -0.15) is 5.10 Å². The predicted molar refractivity (Wildman–Crippen MR) is 120 cm³/mol. The molecule has 4 rings (SSSR count). The Kier molecular flexibility index (Phi) is 6.11. The number of para-hydroxylation sites is 1. The zero-order valence-electron chi connectivity index (χ0n) is 17.8. The van der Waals surface area contributed by atoms with Gasteiger partial charge in [-0.25, -0.2) is 18.9 Å². The molecule has 0 atom stereocenters. The van der Waals surface area contributed by atoms with E-state index in [0.29, 0.717) is 28.3 Å². The van der Waals surface area contributed by atoms with Gasteiger partial charge in [0.15, 0.2) is 5.82 Å². The van der Waals surface area contributed by atoms with Crippen LogP contribution in [0.2, 0.25) is 0 Å². The van der Waals surface area contributed by atoms with Gasteiger partial charge in [0.05, 0.1) is 0 Å². The number of nitrogen functional groups attached to an aromatic ring is 1. The lowest BCUT2D eigenvalue weighted by Crippen LogP contribution is -2.07. The van der Waals surface area contributed by atoms with Crippen molar-refractivity contribution in [3.8, 4) is 22.8 Å². The second kappa shape index (κ2) is 9.12. The predicted octanol–water partition coefficient (Wildman–Crippen LogP) is 5.99. The molecule has 2 aromatic heterocycles. The fourth-order valence-corrected chi connectivity index (χ4v) is 3.90. The molecule has 0 fully saturated rings. The van der Waals surface area contributed by atoms with Crippen molar-refractivity contribution in [2.45, 2.75) is 45.4 Å². The average Bonchev–Trinajstić information content (AvgIpc) is 3.15. The summed E-state index contributed by atoms with van der Waals surface area (Å²) < 4.78 is 22.7. The molecule has 0 radical (unpaired) electrons. The number of aromatic nitrogens is 4. The van der Waals surface area contributed by atoms with Gasteiger partial charge in [-0.15, -0.1) is 0 Å². The Morgan fingerprint density at radius 1 is 1.03 bits per heavy atom. The highest BCUT2D eigenvalue weighted by Gasteiger charge is 2.24. The first-order valence-corrected chi connectivity index (χ1v) is 10.6. The smallest absolute Gasteiger partial charge is 0.153 e. The normalized spacial score (nSPS) is 11.4. The van der Waals surface area contributed by atoms with Crippen molar-refractivity contribution in [1.82, 2.24) is 19.6 Å². The molecule has 0 unspecified atom stereocenters. The van der Waals surface area contributed by atoms with Gasteiger partial charge in [0.25, 0.3) is 0 Å². The van der Waals surface area contributed by atoms with Gasteiger partial charge in [-0.3, -0.25) is 0 Å². The van der Waals surface area contributed by atoms with E-state index in [-0.39, 0.29) is 11.7 Å². The highest BCUT2D eigenvalue weighted by atomic mass is 19.1. The number of hydrogen-bond donors (Lipinski definition) is 1. The Morgan fingerprint density at radius 2 is 1.77 bits per heavy atom. The maximum absolute atomic E-state index is 15.2. The summed E-state index contributed by atoms with van der Waals surface area (Å²) in [6.07, 6.45) is 5.41. The number of nitrogens with two attached hydrogens (primary N) is 1. The molecule has 0 spiro atoms. The lowest BCUT2D eigenvalue weighted by molar-refractivity contribution is 0.477. The van der Waals surface area contributed by atoms with Crippen molar-refractivity contribution >= 4 is 11.3 Å². The highest BCUT2D eigenvalue weighted by Crippen LogP contribution is 2.35. The number of rotatable bonds is 8. The molecule has 0 aliphatic heterocycles. The molecular formula is C24H26FN5O. The second-order valence-corrected chi connectivity index (χ2v) is 7.56. The molecule has 7 heteroatoms. The quantitative estimate of drug-likeness (QED) is 0.380. The number of hydrogen-bond acceptors (Lipinski definition) is 5. The summed E-state index contributed by atoms with van der Waals surface area (Å²) >= 11 is 0. The number of fused-ring (bicyclic) bond motifs is 1. The zero-order chi connectivity index (χ0) is 21.8. The second-order valence-electron chi connectivity index (χ2n) is 7.56. The minimum atomic E-state index is -0.439. The third-order valence-corrected chi connectivity index (χ3v) is 5.30. The number of anilines is 1. The largest absolute Gasteiger partial charge is 0.457 e. The number of benzene rings is 2. The summed E-state index contributed by atoms with van der Waals surface area (Å²) in [6, 6.07) is 14.0. The average molecular weight is 420 g/mol. The van der Waals surface area contributed by atoms with Crippen LogP contribution in [-0.2, 0) is 0 Å². The van der Waals surface area contributed by atoms with Crippen LogP contribution in [0.4, 0.5) is 10.2 Å². The zero-order valence-corrected chi connectivity index (χ0v) is 17.8. The highest BCUT2D eigenvalue weighted by molar-refractivity contribution is 5.85. The van der Waals surface area contributed by atoms with Gasteiger partial charge < -0.3 is 10.5 Å². The van der Waals surface area contributed by atoms with E-state index in [1.807, 2.05) is 30.3 Å². The van der Waals surface area contributed by atoms with Gasteiger partial charge in [-0.05, 0) is 37.1 Å². The Morgan fingerprint density at radius 3 is 2.45 bits per heavy atom. The van der Waals surface area contributed by atoms with Gasteiger partial charge >= 0.3 is 0 Å².